The number of pyridine rings is 1. The lowest BCUT2D eigenvalue weighted by molar-refractivity contribution is 0.0915. The molecule has 1 heterocycles. The van der Waals surface area contributed by atoms with Gasteiger partial charge in [0, 0.05) is 6.20 Å². The highest BCUT2D eigenvalue weighted by molar-refractivity contribution is 5.94. The minimum atomic E-state index is -0.568. The molecular formula is C15H15FN2O2. The van der Waals surface area contributed by atoms with Crippen molar-refractivity contribution in [2.24, 2.45) is 0 Å². The molecule has 1 aromatic carbocycles. The fourth-order valence-electron chi connectivity index (χ4n) is 1.86. The Morgan fingerprint density at radius 3 is 2.70 bits per heavy atom. The van der Waals surface area contributed by atoms with Crippen LogP contribution in [0.3, 0.4) is 0 Å². The third-order valence-electron chi connectivity index (χ3n) is 2.85. The van der Waals surface area contributed by atoms with E-state index in [1.165, 1.54) is 6.20 Å². The molecule has 0 bridgehead atoms. The monoisotopic (exact) mass is 274 g/mol. The normalized spacial score (nSPS) is 11.9. The number of nitrogens with one attached hydrogen (secondary N) is 1. The van der Waals surface area contributed by atoms with Crippen LogP contribution in [0.2, 0.25) is 0 Å². The average Bonchev–Trinajstić information content (AvgIpc) is 2.47. The molecule has 0 aliphatic heterocycles. The molecule has 1 amide bonds. The van der Waals surface area contributed by atoms with E-state index < -0.39 is 17.8 Å². The summed E-state index contributed by atoms with van der Waals surface area (Å²) >= 11 is 0. The summed E-state index contributed by atoms with van der Waals surface area (Å²) in [5, 5.41) is 12.0. The second-order valence-corrected chi connectivity index (χ2v) is 4.43. The first-order valence-electron chi connectivity index (χ1n) is 6.25. The van der Waals surface area contributed by atoms with Gasteiger partial charge < -0.3 is 10.4 Å². The maximum absolute atomic E-state index is 13.0. The van der Waals surface area contributed by atoms with Crippen LogP contribution in [0, 0.1) is 5.82 Å². The van der Waals surface area contributed by atoms with Crippen LogP contribution in [-0.4, -0.2) is 28.6 Å². The van der Waals surface area contributed by atoms with Gasteiger partial charge in [-0.15, -0.1) is 0 Å². The molecule has 0 unspecified atom stereocenters. The summed E-state index contributed by atoms with van der Waals surface area (Å²) < 4.78 is 13.0. The molecule has 20 heavy (non-hydrogen) atoms. The number of nitrogens with zero attached hydrogens (tertiary/aromatic N) is 1. The fraction of sp³-hybridized carbons (Fsp3) is 0.200. The lowest BCUT2D eigenvalue weighted by Gasteiger charge is -2.16. The third-order valence-corrected chi connectivity index (χ3v) is 2.85. The number of rotatable bonds is 5. The smallest absolute Gasteiger partial charge is 0.253 e. The van der Waals surface area contributed by atoms with Crippen molar-refractivity contribution in [3.8, 4) is 0 Å². The van der Waals surface area contributed by atoms with E-state index in [0.29, 0.717) is 6.42 Å². The molecule has 4 nitrogen and oxygen atoms in total. The third kappa shape index (κ3) is 3.86. The van der Waals surface area contributed by atoms with Crippen molar-refractivity contribution in [1.82, 2.24) is 10.3 Å². The first-order chi connectivity index (χ1) is 9.69. The van der Waals surface area contributed by atoms with Gasteiger partial charge in [-0.2, -0.15) is 0 Å². The van der Waals surface area contributed by atoms with Gasteiger partial charge in [-0.3, -0.25) is 9.78 Å². The van der Waals surface area contributed by atoms with E-state index in [-0.39, 0.29) is 12.2 Å². The van der Waals surface area contributed by atoms with Crippen molar-refractivity contribution < 1.29 is 14.3 Å². The van der Waals surface area contributed by atoms with Gasteiger partial charge in [0.2, 0.25) is 0 Å². The lowest BCUT2D eigenvalue weighted by Crippen LogP contribution is -2.39. The number of amides is 1. The second kappa shape index (κ2) is 6.77. The maximum Gasteiger partial charge on any atom is 0.253 e. The summed E-state index contributed by atoms with van der Waals surface area (Å²) in [4.78, 5) is 15.6. The molecule has 2 N–H and O–H groups in total. The number of hydrogen-bond donors (Lipinski definition) is 2. The number of aliphatic hydroxyl groups is 1. The molecular weight excluding hydrogens is 259 g/mol. The van der Waals surface area contributed by atoms with E-state index in [0.717, 1.165) is 17.8 Å². The van der Waals surface area contributed by atoms with Crippen molar-refractivity contribution in [1.29, 1.82) is 0 Å². The van der Waals surface area contributed by atoms with Gasteiger partial charge in [0.25, 0.3) is 5.91 Å². The standard InChI is InChI=1S/C15H15FN2O2/c16-13-7-12(8-17-9-13)15(20)18-14(10-19)6-11-4-2-1-3-5-11/h1-5,7-9,14,19H,6,10H2,(H,18,20)/t14-/m1/s1. The largest absolute Gasteiger partial charge is 0.394 e. The van der Waals surface area contributed by atoms with Gasteiger partial charge in [0.1, 0.15) is 5.82 Å². The van der Waals surface area contributed by atoms with Crippen molar-refractivity contribution >= 4 is 5.91 Å². The zero-order valence-corrected chi connectivity index (χ0v) is 10.8. The molecule has 1 aromatic heterocycles. The number of hydrogen-bond acceptors (Lipinski definition) is 3. The van der Waals surface area contributed by atoms with Gasteiger partial charge in [0.15, 0.2) is 0 Å². The summed E-state index contributed by atoms with van der Waals surface area (Å²) in [6.07, 6.45) is 2.82. The Hall–Kier alpha value is -2.27. The minimum Gasteiger partial charge on any atom is -0.394 e. The Labute approximate surface area is 116 Å². The number of carbonyl (C=O) groups is 1. The number of aliphatic hydroxyl groups excluding tert-OH is 1. The highest BCUT2D eigenvalue weighted by atomic mass is 19.1. The summed E-state index contributed by atoms with van der Waals surface area (Å²) in [5.74, 6) is -1.02. The first kappa shape index (κ1) is 14.1. The summed E-state index contributed by atoms with van der Waals surface area (Å²) in [6, 6.07) is 10.2. The Balaban J connectivity index is 2.01. The van der Waals surface area contributed by atoms with Crippen LogP contribution in [0.1, 0.15) is 15.9 Å². The van der Waals surface area contributed by atoms with Gasteiger partial charge in [-0.05, 0) is 18.1 Å². The topological polar surface area (TPSA) is 62.2 Å². The highest BCUT2D eigenvalue weighted by Crippen LogP contribution is 2.05. The average molecular weight is 274 g/mol. The van der Waals surface area contributed by atoms with Crippen LogP contribution in [0.25, 0.3) is 0 Å². The predicted octanol–water partition coefficient (Wildman–Crippen LogP) is 1.55. The van der Waals surface area contributed by atoms with Crippen molar-refractivity contribution in [3.63, 3.8) is 0 Å². The van der Waals surface area contributed by atoms with Gasteiger partial charge >= 0.3 is 0 Å². The number of benzene rings is 1. The Morgan fingerprint density at radius 2 is 2.05 bits per heavy atom. The fourth-order valence-corrected chi connectivity index (χ4v) is 1.86. The predicted molar refractivity (Wildman–Crippen MR) is 72.7 cm³/mol. The Kier molecular flexibility index (Phi) is 4.79. The van der Waals surface area contributed by atoms with Gasteiger partial charge in [-0.1, -0.05) is 30.3 Å². The molecule has 104 valence electrons. The van der Waals surface area contributed by atoms with E-state index in [2.05, 4.69) is 10.3 Å². The van der Waals surface area contributed by atoms with Crippen molar-refractivity contribution in [3.05, 3.63) is 65.7 Å². The van der Waals surface area contributed by atoms with E-state index >= 15 is 0 Å². The molecule has 0 radical (unpaired) electrons. The molecule has 0 saturated heterocycles. The molecule has 5 heteroatoms. The van der Waals surface area contributed by atoms with Crippen LogP contribution in [0.4, 0.5) is 4.39 Å². The zero-order chi connectivity index (χ0) is 14.4. The molecule has 2 rings (SSSR count). The molecule has 2 aromatic rings. The van der Waals surface area contributed by atoms with Crippen LogP contribution < -0.4 is 5.32 Å². The summed E-state index contributed by atoms with van der Waals surface area (Å²) in [6.45, 7) is -0.191. The van der Waals surface area contributed by atoms with Crippen LogP contribution in [0.15, 0.2) is 48.8 Å². The molecule has 1 atom stereocenters. The van der Waals surface area contributed by atoms with E-state index in [4.69, 9.17) is 0 Å². The number of aromatic nitrogens is 1. The molecule has 0 saturated carbocycles. The number of halogens is 1. The summed E-state index contributed by atoms with van der Waals surface area (Å²) in [7, 11) is 0. The van der Waals surface area contributed by atoms with E-state index in [1.807, 2.05) is 30.3 Å². The molecule has 0 aliphatic carbocycles. The van der Waals surface area contributed by atoms with E-state index in [1.54, 1.807) is 0 Å². The SMILES string of the molecule is O=C(N[C@@H](CO)Cc1ccccc1)c1cncc(F)c1. The van der Waals surface area contributed by atoms with E-state index in [9.17, 15) is 14.3 Å². The lowest BCUT2D eigenvalue weighted by atomic mass is 10.1. The van der Waals surface area contributed by atoms with Crippen LogP contribution in [-0.2, 0) is 6.42 Å². The highest BCUT2D eigenvalue weighted by Gasteiger charge is 2.14. The second-order valence-electron chi connectivity index (χ2n) is 4.43. The van der Waals surface area contributed by atoms with Gasteiger partial charge in [0.05, 0.1) is 24.4 Å². The minimum absolute atomic E-state index is 0.136. The quantitative estimate of drug-likeness (QED) is 0.869. The zero-order valence-electron chi connectivity index (χ0n) is 10.8. The number of carbonyl (C=O) groups excluding carboxylic acids is 1. The molecule has 0 spiro atoms. The first-order valence-corrected chi connectivity index (χ1v) is 6.25. The Morgan fingerprint density at radius 1 is 1.30 bits per heavy atom. The maximum atomic E-state index is 13.0. The van der Waals surface area contributed by atoms with Gasteiger partial charge in [-0.25, -0.2) is 4.39 Å². The van der Waals surface area contributed by atoms with Crippen LogP contribution >= 0.6 is 0 Å². The molecule has 0 aliphatic rings. The van der Waals surface area contributed by atoms with Crippen LogP contribution in [0.5, 0.6) is 0 Å². The van der Waals surface area contributed by atoms with Crippen molar-refractivity contribution in [2.75, 3.05) is 6.61 Å². The Bertz CT molecular complexity index is 575. The molecule has 0 fully saturated rings. The summed E-state index contributed by atoms with van der Waals surface area (Å²) in [5.41, 5.74) is 1.14. The van der Waals surface area contributed by atoms with Crippen molar-refractivity contribution in [2.45, 2.75) is 12.5 Å².